The average Bonchev–Trinajstić information content (AvgIpc) is 2.76. The Morgan fingerprint density at radius 1 is 0.865 bits per heavy atom. The Labute approximate surface area is 220 Å². The molecule has 1 fully saturated rings. The van der Waals surface area contributed by atoms with Gasteiger partial charge in [-0.3, -0.25) is 4.79 Å². The van der Waals surface area contributed by atoms with E-state index in [9.17, 15) is 19.2 Å². The van der Waals surface area contributed by atoms with Crippen LogP contribution >= 0.6 is 0 Å². The summed E-state index contributed by atoms with van der Waals surface area (Å²) in [5, 5.41) is 0. The highest BCUT2D eigenvalue weighted by Crippen LogP contribution is 2.28. The number of carbonyl (C=O) groups is 4. The molecule has 1 rings (SSSR count). The van der Waals surface area contributed by atoms with Gasteiger partial charge in [0.2, 0.25) is 0 Å². The Bertz CT molecular complexity index is 760. The molecular weight excluding hydrogens is 484 g/mol. The zero-order valence-corrected chi connectivity index (χ0v) is 23.7. The van der Waals surface area contributed by atoms with Crippen molar-refractivity contribution in [3.05, 3.63) is 0 Å². The Balaban J connectivity index is 3.00. The van der Waals surface area contributed by atoms with Crippen LogP contribution in [0.3, 0.4) is 0 Å². The quantitative estimate of drug-likeness (QED) is 0.240. The maximum atomic E-state index is 13.1. The van der Waals surface area contributed by atoms with Crippen molar-refractivity contribution in [3.8, 4) is 0 Å². The first-order valence-electron chi connectivity index (χ1n) is 13.0. The van der Waals surface area contributed by atoms with E-state index in [0.29, 0.717) is 25.9 Å². The Morgan fingerprint density at radius 3 is 1.78 bits per heavy atom. The molecule has 0 radical (unpaired) electrons. The van der Waals surface area contributed by atoms with Crippen LogP contribution in [0.1, 0.15) is 81.1 Å². The van der Waals surface area contributed by atoms with Crippen molar-refractivity contribution in [2.24, 2.45) is 11.7 Å². The SMILES string of the molecule is CCOC(=O)C(OCC1CCN(C(=O)OC(C)(C)C)CC1)(C(=O)OCC)C(N)CCC(=O)OC(C)(C)C. The molecule has 1 heterocycles. The molecule has 1 saturated heterocycles. The Hall–Kier alpha value is -2.40. The molecule has 11 heteroatoms. The second-order valence-corrected chi connectivity index (χ2v) is 11.1. The third-order valence-corrected chi connectivity index (χ3v) is 5.57. The van der Waals surface area contributed by atoms with E-state index in [4.69, 9.17) is 29.4 Å². The molecule has 0 saturated carbocycles. The van der Waals surface area contributed by atoms with Crippen LogP contribution < -0.4 is 5.73 Å². The van der Waals surface area contributed by atoms with Crippen molar-refractivity contribution in [1.82, 2.24) is 4.90 Å². The number of ether oxygens (including phenoxy) is 5. The van der Waals surface area contributed by atoms with E-state index in [1.54, 1.807) is 39.5 Å². The minimum absolute atomic E-state index is 0.00356. The molecule has 11 nitrogen and oxygen atoms in total. The number of likely N-dealkylation sites (tertiary alicyclic amines) is 1. The lowest BCUT2D eigenvalue weighted by Gasteiger charge is -2.37. The zero-order valence-electron chi connectivity index (χ0n) is 23.7. The number of nitrogens with two attached hydrogens (primary N) is 1. The lowest BCUT2D eigenvalue weighted by Crippen LogP contribution is -2.63. The summed E-state index contributed by atoms with van der Waals surface area (Å²) in [5.74, 6) is -2.49. The van der Waals surface area contributed by atoms with Crippen molar-refractivity contribution < 1.29 is 42.9 Å². The summed E-state index contributed by atoms with van der Waals surface area (Å²) >= 11 is 0. The number of esters is 3. The summed E-state index contributed by atoms with van der Waals surface area (Å²) in [4.78, 5) is 52.5. The van der Waals surface area contributed by atoms with Crippen LogP contribution in [-0.4, -0.2) is 84.7 Å². The van der Waals surface area contributed by atoms with E-state index < -0.39 is 40.8 Å². The Morgan fingerprint density at radius 2 is 1.35 bits per heavy atom. The summed E-state index contributed by atoms with van der Waals surface area (Å²) in [7, 11) is 0. The van der Waals surface area contributed by atoms with Crippen LogP contribution in [0.2, 0.25) is 0 Å². The Kier molecular flexibility index (Phi) is 12.3. The second kappa shape index (κ2) is 13.9. The molecule has 37 heavy (non-hydrogen) atoms. The molecular formula is C26H46N2O9. The minimum atomic E-state index is -2.24. The molecule has 0 spiro atoms. The molecule has 2 N–H and O–H groups in total. The van der Waals surface area contributed by atoms with Crippen LogP contribution in [0.5, 0.6) is 0 Å². The topological polar surface area (TPSA) is 144 Å². The van der Waals surface area contributed by atoms with Gasteiger partial charge >= 0.3 is 24.0 Å². The van der Waals surface area contributed by atoms with Crippen molar-refractivity contribution in [2.75, 3.05) is 32.9 Å². The number of amides is 1. The van der Waals surface area contributed by atoms with Gasteiger partial charge in [0.25, 0.3) is 5.60 Å². The number of hydrogen-bond acceptors (Lipinski definition) is 10. The van der Waals surface area contributed by atoms with Gasteiger partial charge < -0.3 is 34.3 Å². The molecule has 0 bridgehead atoms. The molecule has 1 unspecified atom stereocenters. The summed E-state index contributed by atoms with van der Waals surface area (Å²) in [5.41, 5.74) is 2.84. The molecule has 0 aromatic carbocycles. The van der Waals surface area contributed by atoms with Crippen molar-refractivity contribution in [2.45, 2.75) is 104 Å². The van der Waals surface area contributed by atoms with Crippen LogP contribution in [0.15, 0.2) is 0 Å². The third kappa shape index (κ3) is 10.5. The highest BCUT2D eigenvalue weighted by Gasteiger charge is 2.56. The number of nitrogens with zero attached hydrogens (tertiary/aromatic N) is 1. The lowest BCUT2D eigenvalue weighted by molar-refractivity contribution is -0.197. The molecule has 1 amide bonds. The predicted octanol–water partition coefficient (Wildman–Crippen LogP) is 2.96. The van der Waals surface area contributed by atoms with E-state index in [1.807, 2.05) is 20.8 Å². The van der Waals surface area contributed by atoms with Crippen molar-refractivity contribution in [1.29, 1.82) is 0 Å². The van der Waals surface area contributed by atoms with Crippen LogP contribution in [0, 0.1) is 5.92 Å². The fourth-order valence-electron chi connectivity index (χ4n) is 3.81. The summed E-state index contributed by atoms with van der Waals surface area (Å²) in [6.45, 7) is 14.7. The van der Waals surface area contributed by atoms with E-state index in [1.165, 1.54) is 0 Å². The molecule has 0 aromatic rings. The van der Waals surface area contributed by atoms with Gasteiger partial charge in [0.15, 0.2) is 0 Å². The van der Waals surface area contributed by atoms with Crippen LogP contribution in [-0.2, 0) is 38.1 Å². The third-order valence-electron chi connectivity index (χ3n) is 5.57. The first-order valence-corrected chi connectivity index (χ1v) is 13.0. The average molecular weight is 531 g/mol. The maximum Gasteiger partial charge on any atom is 0.410 e. The highest BCUT2D eigenvalue weighted by molar-refractivity contribution is 6.04. The fourth-order valence-corrected chi connectivity index (χ4v) is 3.81. The van der Waals surface area contributed by atoms with Gasteiger partial charge in [-0.15, -0.1) is 0 Å². The monoisotopic (exact) mass is 530 g/mol. The summed E-state index contributed by atoms with van der Waals surface area (Å²) < 4.78 is 27.1. The van der Waals surface area contributed by atoms with Gasteiger partial charge in [0.05, 0.1) is 25.9 Å². The van der Waals surface area contributed by atoms with Gasteiger partial charge in [0.1, 0.15) is 11.2 Å². The van der Waals surface area contributed by atoms with E-state index in [2.05, 4.69) is 0 Å². The van der Waals surface area contributed by atoms with Crippen molar-refractivity contribution >= 4 is 24.0 Å². The lowest BCUT2D eigenvalue weighted by atomic mass is 9.89. The number of carbonyl (C=O) groups excluding carboxylic acids is 4. The maximum absolute atomic E-state index is 13.1. The number of piperidine rings is 1. The largest absolute Gasteiger partial charge is 0.463 e. The standard InChI is InChI=1S/C26H46N2O9/c1-9-33-21(30)26(22(31)34-10-2,19(27)11-12-20(29)36-24(3,4)5)35-17-18-13-15-28(16-14-18)23(32)37-25(6,7)8/h18-19H,9-17,27H2,1-8H3. The van der Waals surface area contributed by atoms with E-state index >= 15 is 0 Å². The second-order valence-electron chi connectivity index (χ2n) is 11.1. The highest BCUT2D eigenvalue weighted by atomic mass is 16.6. The van der Waals surface area contributed by atoms with Gasteiger partial charge in [-0.05, 0) is 80.6 Å². The van der Waals surface area contributed by atoms with Gasteiger partial charge in [-0.1, -0.05) is 0 Å². The first kappa shape index (κ1) is 32.6. The summed E-state index contributed by atoms with van der Waals surface area (Å²) in [6, 6.07) is -1.22. The predicted molar refractivity (Wildman–Crippen MR) is 136 cm³/mol. The van der Waals surface area contributed by atoms with E-state index in [-0.39, 0.29) is 44.7 Å². The first-order chi connectivity index (χ1) is 17.1. The number of rotatable bonds is 11. The molecule has 1 aliphatic rings. The van der Waals surface area contributed by atoms with Gasteiger partial charge in [-0.2, -0.15) is 0 Å². The normalized spacial score (nSPS) is 16.1. The van der Waals surface area contributed by atoms with Crippen LogP contribution in [0.25, 0.3) is 0 Å². The molecule has 0 aromatic heterocycles. The molecule has 1 atom stereocenters. The fraction of sp³-hybridized carbons (Fsp3) is 0.846. The molecule has 1 aliphatic heterocycles. The zero-order chi connectivity index (χ0) is 28.4. The molecule has 0 aliphatic carbocycles. The smallest absolute Gasteiger partial charge is 0.410 e. The number of hydrogen-bond donors (Lipinski definition) is 1. The summed E-state index contributed by atoms with van der Waals surface area (Å²) in [6.07, 6.45) is 0.575. The van der Waals surface area contributed by atoms with Crippen LogP contribution in [0.4, 0.5) is 4.79 Å². The van der Waals surface area contributed by atoms with Gasteiger partial charge in [-0.25, -0.2) is 14.4 Å². The minimum Gasteiger partial charge on any atom is -0.463 e. The van der Waals surface area contributed by atoms with E-state index in [0.717, 1.165) is 0 Å². The molecule has 214 valence electrons. The van der Waals surface area contributed by atoms with Crippen molar-refractivity contribution in [3.63, 3.8) is 0 Å². The van der Waals surface area contributed by atoms with Gasteiger partial charge in [0, 0.05) is 19.5 Å².